The maximum atomic E-state index is 13.8. The van der Waals surface area contributed by atoms with Crippen molar-refractivity contribution in [3.63, 3.8) is 0 Å². The molecule has 0 bridgehead atoms. The van der Waals surface area contributed by atoms with Crippen molar-refractivity contribution >= 4 is 5.69 Å². The van der Waals surface area contributed by atoms with Crippen LogP contribution in [0.5, 0.6) is 5.75 Å². The fraction of sp³-hybridized carbons (Fsp3) is 0.421. The number of pyridine rings is 1. The van der Waals surface area contributed by atoms with Crippen LogP contribution < -0.4 is 9.64 Å². The van der Waals surface area contributed by atoms with E-state index in [9.17, 15) is 4.39 Å². The molecule has 3 rings (SSSR count). The average Bonchev–Trinajstić information content (AvgIpc) is 2.55. The van der Waals surface area contributed by atoms with E-state index >= 15 is 0 Å². The van der Waals surface area contributed by atoms with Gasteiger partial charge < -0.3 is 14.5 Å². The Balaban J connectivity index is 1.59. The van der Waals surface area contributed by atoms with Crippen molar-refractivity contribution in [3.05, 3.63) is 54.1 Å². The van der Waals surface area contributed by atoms with Crippen LogP contribution in [0.2, 0.25) is 0 Å². The zero-order valence-electron chi connectivity index (χ0n) is 14.3. The number of piperidine rings is 1. The van der Waals surface area contributed by atoms with E-state index in [-0.39, 0.29) is 11.9 Å². The first kappa shape index (κ1) is 16.7. The van der Waals surface area contributed by atoms with Crippen molar-refractivity contribution < 1.29 is 9.13 Å². The Labute approximate surface area is 142 Å². The number of rotatable bonds is 5. The van der Waals surface area contributed by atoms with E-state index in [0.717, 1.165) is 31.5 Å². The fourth-order valence-electron chi connectivity index (χ4n) is 3.12. The van der Waals surface area contributed by atoms with Gasteiger partial charge in [0.1, 0.15) is 17.7 Å². The highest BCUT2D eigenvalue weighted by molar-refractivity contribution is 5.44. The Bertz CT molecular complexity index is 655. The Morgan fingerprint density at radius 3 is 2.54 bits per heavy atom. The predicted octanol–water partition coefficient (Wildman–Crippen LogP) is 3.33. The lowest BCUT2D eigenvalue weighted by Crippen LogP contribution is -2.38. The summed E-state index contributed by atoms with van der Waals surface area (Å²) in [6, 6.07) is 9.05. The third kappa shape index (κ3) is 4.45. The summed E-state index contributed by atoms with van der Waals surface area (Å²) in [5.41, 5.74) is 2.13. The lowest BCUT2D eigenvalue weighted by molar-refractivity contribution is 0.170. The molecule has 1 aliphatic heterocycles. The van der Waals surface area contributed by atoms with Crippen LogP contribution in [-0.4, -0.2) is 43.2 Å². The summed E-state index contributed by atoms with van der Waals surface area (Å²) in [5, 5.41) is 0. The molecule has 1 saturated heterocycles. The fourth-order valence-corrected chi connectivity index (χ4v) is 3.12. The topological polar surface area (TPSA) is 28.6 Å². The first-order valence-corrected chi connectivity index (χ1v) is 8.36. The van der Waals surface area contributed by atoms with E-state index in [2.05, 4.69) is 9.88 Å². The molecule has 0 amide bonds. The molecule has 1 aromatic heterocycles. The van der Waals surface area contributed by atoms with Gasteiger partial charge in [-0.25, -0.2) is 4.39 Å². The SMILES string of the molecule is CN(C)Cc1cc(F)cc(OC2CCN(c3ccncc3)CC2)c1. The van der Waals surface area contributed by atoms with Crippen LogP contribution in [0, 0.1) is 5.82 Å². The van der Waals surface area contributed by atoms with Gasteiger partial charge in [-0.2, -0.15) is 0 Å². The van der Waals surface area contributed by atoms with Crippen LogP contribution in [0.15, 0.2) is 42.7 Å². The van der Waals surface area contributed by atoms with Crippen molar-refractivity contribution in [1.29, 1.82) is 0 Å². The summed E-state index contributed by atoms with van der Waals surface area (Å²) in [6.07, 6.45) is 5.63. The third-order valence-electron chi connectivity index (χ3n) is 4.20. The summed E-state index contributed by atoms with van der Waals surface area (Å²) in [4.78, 5) is 8.42. The third-order valence-corrected chi connectivity index (χ3v) is 4.20. The summed E-state index contributed by atoms with van der Waals surface area (Å²) >= 11 is 0. The second-order valence-corrected chi connectivity index (χ2v) is 6.54. The minimum atomic E-state index is -0.237. The summed E-state index contributed by atoms with van der Waals surface area (Å²) in [7, 11) is 3.94. The van der Waals surface area contributed by atoms with Crippen molar-refractivity contribution in [3.8, 4) is 5.75 Å². The number of aromatic nitrogens is 1. The molecular weight excluding hydrogens is 305 g/mol. The molecule has 0 aliphatic carbocycles. The van der Waals surface area contributed by atoms with Crippen LogP contribution in [0.25, 0.3) is 0 Å². The second-order valence-electron chi connectivity index (χ2n) is 6.54. The normalized spacial score (nSPS) is 15.8. The molecule has 128 valence electrons. The number of nitrogens with zero attached hydrogens (tertiary/aromatic N) is 3. The van der Waals surface area contributed by atoms with Gasteiger partial charge in [0.15, 0.2) is 0 Å². The molecule has 2 aromatic rings. The van der Waals surface area contributed by atoms with E-state index in [4.69, 9.17) is 4.74 Å². The van der Waals surface area contributed by atoms with Gasteiger partial charge in [-0.1, -0.05) is 0 Å². The van der Waals surface area contributed by atoms with Crippen LogP contribution >= 0.6 is 0 Å². The van der Waals surface area contributed by atoms with E-state index in [1.807, 2.05) is 49.6 Å². The molecule has 0 unspecified atom stereocenters. The Hall–Kier alpha value is -2.14. The molecule has 24 heavy (non-hydrogen) atoms. The van der Waals surface area contributed by atoms with Gasteiger partial charge in [0.2, 0.25) is 0 Å². The van der Waals surface area contributed by atoms with E-state index in [1.54, 1.807) is 6.07 Å². The summed E-state index contributed by atoms with van der Waals surface area (Å²) < 4.78 is 19.8. The lowest BCUT2D eigenvalue weighted by Gasteiger charge is -2.33. The summed E-state index contributed by atoms with van der Waals surface area (Å²) in [6.45, 7) is 2.58. The van der Waals surface area contributed by atoms with E-state index in [0.29, 0.717) is 12.3 Å². The molecule has 0 spiro atoms. The number of benzene rings is 1. The van der Waals surface area contributed by atoms with Crippen LogP contribution in [0.4, 0.5) is 10.1 Å². The zero-order valence-corrected chi connectivity index (χ0v) is 14.3. The van der Waals surface area contributed by atoms with Gasteiger partial charge in [0.25, 0.3) is 0 Å². The van der Waals surface area contributed by atoms with Crippen LogP contribution in [0.3, 0.4) is 0 Å². The average molecular weight is 329 g/mol. The smallest absolute Gasteiger partial charge is 0.127 e. The first-order chi connectivity index (χ1) is 11.6. The van der Waals surface area contributed by atoms with Gasteiger partial charge >= 0.3 is 0 Å². The molecule has 4 nitrogen and oxygen atoms in total. The summed E-state index contributed by atoms with van der Waals surface area (Å²) in [5.74, 6) is 0.396. The van der Waals surface area contributed by atoms with Gasteiger partial charge in [-0.3, -0.25) is 4.98 Å². The highest BCUT2D eigenvalue weighted by Gasteiger charge is 2.21. The largest absolute Gasteiger partial charge is 0.490 e. The molecule has 2 heterocycles. The molecular formula is C19H24FN3O. The highest BCUT2D eigenvalue weighted by atomic mass is 19.1. The highest BCUT2D eigenvalue weighted by Crippen LogP contribution is 2.24. The van der Waals surface area contributed by atoms with Crippen LogP contribution in [-0.2, 0) is 6.54 Å². The monoisotopic (exact) mass is 329 g/mol. The van der Waals surface area contributed by atoms with Crippen molar-refractivity contribution in [2.24, 2.45) is 0 Å². The second kappa shape index (κ2) is 7.62. The predicted molar refractivity (Wildman–Crippen MR) is 93.9 cm³/mol. The lowest BCUT2D eigenvalue weighted by atomic mass is 10.1. The Kier molecular flexibility index (Phi) is 5.30. The zero-order chi connectivity index (χ0) is 16.9. The number of halogens is 1. The molecule has 0 saturated carbocycles. The van der Waals surface area contributed by atoms with Gasteiger partial charge in [0.05, 0.1) is 0 Å². The first-order valence-electron chi connectivity index (χ1n) is 8.36. The van der Waals surface area contributed by atoms with Gasteiger partial charge in [-0.15, -0.1) is 0 Å². The van der Waals surface area contributed by atoms with Gasteiger partial charge in [0, 0.05) is 56.6 Å². The molecule has 0 N–H and O–H groups in total. The molecule has 5 heteroatoms. The van der Waals surface area contributed by atoms with Crippen molar-refractivity contribution in [2.45, 2.75) is 25.5 Å². The standard InChI is InChI=1S/C19H24FN3O/c1-22(2)14-15-11-16(20)13-19(12-15)24-18-5-9-23(10-6-18)17-3-7-21-8-4-17/h3-4,7-8,11-13,18H,5-6,9-10,14H2,1-2H3. The molecule has 1 aromatic carbocycles. The van der Waals surface area contributed by atoms with Gasteiger partial charge in [-0.05, 0) is 43.9 Å². The number of hydrogen-bond donors (Lipinski definition) is 0. The minimum absolute atomic E-state index is 0.136. The molecule has 0 atom stereocenters. The molecule has 0 radical (unpaired) electrons. The quantitative estimate of drug-likeness (QED) is 0.841. The molecule has 1 aliphatic rings. The molecule has 1 fully saturated rings. The number of ether oxygens (including phenoxy) is 1. The number of anilines is 1. The maximum Gasteiger partial charge on any atom is 0.127 e. The van der Waals surface area contributed by atoms with Crippen molar-refractivity contribution in [1.82, 2.24) is 9.88 Å². The number of hydrogen-bond acceptors (Lipinski definition) is 4. The Morgan fingerprint density at radius 1 is 1.17 bits per heavy atom. The van der Waals surface area contributed by atoms with E-state index in [1.165, 1.54) is 11.8 Å². The maximum absolute atomic E-state index is 13.8. The van der Waals surface area contributed by atoms with Crippen LogP contribution in [0.1, 0.15) is 18.4 Å². The van der Waals surface area contributed by atoms with E-state index < -0.39 is 0 Å². The minimum Gasteiger partial charge on any atom is -0.490 e. The Morgan fingerprint density at radius 2 is 1.88 bits per heavy atom. The van der Waals surface area contributed by atoms with Crippen molar-refractivity contribution in [2.75, 3.05) is 32.1 Å².